The summed E-state index contributed by atoms with van der Waals surface area (Å²) in [7, 11) is 0. The predicted octanol–water partition coefficient (Wildman–Crippen LogP) is 2.29. The van der Waals surface area contributed by atoms with Crippen LogP contribution in [0.2, 0.25) is 0 Å². The molecule has 3 N–H and O–H groups in total. The maximum absolute atomic E-state index is 13.4. The molecule has 2 amide bonds. The van der Waals surface area contributed by atoms with E-state index in [1.807, 2.05) is 54.6 Å². The number of imide groups is 1. The van der Waals surface area contributed by atoms with Crippen LogP contribution in [0.3, 0.4) is 0 Å². The third-order valence-corrected chi connectivity index (χ3v) is 6.69. The number of nitrogens with zero attached hydrogens (tertiary/aromatic N) is 2. The van der Waals surface area contributed by atoms with Crippen LogP contribution in [0.25, 0.3) is 0 Å². The number of rotatable bonds is 4. The van der Waals surface area contributed by atoms with Crippen LogP contribution in [0, 0.1) is 17.2 Å². The van der Waals surface area contributed by atoms with E-state index < -0.39 is 0 Å². The minimum Gasteiger partial charge on any atom is -0.384 e. The van der Waals surface area contributed by atoms with Gasteiger partial charge in [0, 0.05) is 17.6 Å². The van der Waals surface area contributed by atoms with Crippen LogP contribution in [0.15, 0.2) is 54.6 Å². The number of nitrogen functional groups attached to an aromatic ring is 1. The summed E-state index contributed by atoms with van der Waals surface area (Å²) in [6.45, 7) is 1.25. The Morgan fingerprint density at radius 1 is 1.00 bits per heavy atom. The molecule has 0 aliphatic carbocycles. The van der Waals surface area contributed by atoms with Crippen LogP contribution in [0.4, 0.5) is 0 Å². The zero-order valence-electron chi connectivity index (χ0n) is 16.1. The Kier molecular flexibility index (Phi) is 4.24. The fraction of sp³-hybridized carbons (Fsp3) is 0.348. The third kappa shape index (κ3) is 2.78. The molecule has 4 atom stereocenters. The van der Waals surface area contributed by atoms with Gasteiger partial charge in [0.1, 0.15) is 5.84 Å². The summed E-state index contributed by atoms with van der Waals surface area (Å²) in [4.78, 5) is 30.5. The number of carbonyl (C=O) groups is 2. The molecule has 5 rings (SSSR count). The standard InChI is InChI=1S/C23H24N4O2/c24-21(25)16-10-8-15(9-11-16)20-19-18(17-7-4-12-26(17)20)22(28)27(23(19)29)13-14-5-2-1-3-6-14/h1-3,5-6,8-11,17-20H,4,7,12-13H2,(H3,24,25)/t17?,18-,19-,20-/m0/s1. The first-order valence-corrected chi connectivity index (χ1v) is 10.2. The van der Waals surface area contributed by atoms with E-state index in [2.05, 4.69) is 4.90 Å². The summed E-state index contributed by atoms with van der Waals surface area (Å²) in [5.41, 5.74) is 8.25. The van der Waals surface area contributed by atoms with Crippen LogP contribution < -0.4 is 5.73 Å². The smallest absolute Gasteiger partial charge is 0.235 e. The highest BCUT2D eigenvalue weighted by atomic mass is 16.2. The van der Waals surface area contributed by atoms with Gasteiger partial charge in [0.2, 0.25) is 11.8 Å². The van der Waals surface area contributed by atoms with Crippen molar-refractivity contribution in [3.63, 3.8) is 0 Å². The number of amides is 2. The Morgan fingerprint density at radius 2 is 1.69 bits per heavy atom. The van der Waals surface area contributed by atoms with Crippen molar-refractivity contribution in [2.24, 2.45) is 17.6 Å². The number of hydrogen-bond donors (Lipinski definition) is 2. The van der Waals surface area contributed by atoms with Gasteiger partial charge in [0.05, 0.1) is 18.4 Å². The van der Waals surface area contributed by atoms with E-state index in [0.717, 1.165) is 30.5 Å². The molecule has 6 nitrogen and oxygen atoms in total. The Morgan fingerprint density at radius 3 is 2.38 bits per heavy atom. The van der Waals surface area contributed by atoms with Gasteiger partial charge in [-0.25, -0.2) is 0 Å². The maximum Gasteiger partial charge on any atom is 0.235 e. The van der Waals surface area contributed by atoms with Gasteiger partial charge >= 0.3 is 0 Å². The number of fused-ring (bicyclic) bond motifs is 3. The average Bonchev–Trinajstić information content (AvgIpc) is 3.37. The second-order valence-electron chi connectivity index (χ2n) is 8.23. The summed E-state index contributed by atoms with van der Waals surface area (Å²) in [5.74, 6) is -0.644. The lowest BCUT2D eigenvalue weighted by Gasteiger charge is -2.29. The Bertz CT molecular complexity index is 972. The molecule has 3 heterocycles. The Hall–Kier alpha value is -2.99. The molecule has 0 bridgehead atoms. The summed E-state index contributed by atoms with van der Waals surface area (Å²) in [6, 6.07) is 17.3. The summed E-state index contributed by atoms with van der Waals surface area (Å²) in [6.07, 6.45) is 2.01. The van der Waals surface area contributed by atoms with Crippen molar-refractivity contribution in [3.05, 3.63) is 71.3 Å². The average molecular weight is 388 g/mol. The molecule has 3 saturated heterocycles. The predicted molar refractivity (Wildman–Crippen MR) is 109 cm³/mol. The number of amidine groups is 1. The van der Waals surface area contributed by atoms with Gasteiger partial charge in [-0.3, -0.25) is 24.8 Å². The van der Waals surface area contributed by atoms with E-state index in [-0.39, 0.29) is 41.6 Å². The maximum atomic E-state index is 13.4. The molecule has 3 aliphatic rings. The summed E-state index contributed by atoms with van der Waals surface area (Å²) in [5, 5.41) is 7.60. The molecule has 29 heavy (non-hydrogen) atoms. The first-order valence-electron chi connectivity index (χ1n) is 10.2. The Balaban J connectivity index is 1.49. The van der Waals surface area contributed by atoms with E-state index >= 15 is 0 Å². The topological polar surface area (TPSA) is 90.5 Å². The number of hydrogen-bond acceptors (Lipinski definition) is 4. The number of benzene rings is 2. The van der Waals surface area contributed by atoms with E-state index in [0.29, 0.717) is 12.1 Å². The monoisotopic (exact) mass is 388 g/mol. The van der Waals surface area contributed by atoms with Crippen molar-refractivity contribution in [2.75, 3.05) is 6.54 Å². The van der Waals surface area contributed by atoms with E-state index in [1.165, 1.54) is 4.90 Å². The second-order valence-corrected chi connectivity index (χ2v) is 8.23. The van der Waals surface area contributed by atoms with Crippen molar-refractivity contribution >= 4 is 17.6 Å². The molecule has 2 aromatic carbocycles. The minimum absolute atomic E-state index is 0.0244. The lowest BCUT2D eigenvalue weighted by Crippen LogP contribution is -2.38. The number of nitrogens with two attached hydrogens (primary N) is 1. The highest BCUT2D eigenvalue weighted by molar-refractivity contribution is 6.06. The lowest BCUT2D eigenvalue weighted by molar-refractivity contribution is -0.142. The molecule has 2 aromatic rings. The van der Waals surface area contributed by atoms with E-state index in [1.54, 1.807) is 0 Å². The fourth-order valence-corrected chi connectivity index (χ4v) is 5.44. The summed E-state index contributed by atoms with van der Waals surface area (Å²) < 4.78 is 0. The van der Waals surface area contributed by atoms with Gasteiger partial charge in [-0.1, -0.05) is 54.6 Å². The van der Waals surface area contributed by atoms with Crippen LogP contribution in [-0.4, -0.2) is 40.0 Å². The number of carbonyl (C=O) groups excluding carboxylic acids is 2. The van der Waals surface area contributed by atoms with Crippen LogP contribution in [0.5, 0.6) is 0 Å². The molecule has 0 saturated carbocycles. The zero-order valence-corrected chi connectivity index (χ0v) is 16.1. The molecular weight excluding hydrogens is 364 g/mol. The van der Waals surface area contributed by atoms with E-state index in [9.17, 15) is 9.59 Å². The second kappa shape index (κ2) is 6.81. The van der Waals surface area contributed by atoms with Crippen molar-refractivity contribution in [2.45, 2.75) is 31.5 Å². The molecule has 0 aromatic heterocycles. The molecule has 3 fully saturated rings. The first kappa shape index (κ1) is 18.1. The third-order valence-electron chi connectivity index (χ3n) is 6.69. The highest BCUT2D eigenvalue weighted by Gasteiger charge is 2.62. The van der Waals surface area contributed by atoms with Gasteiger partial charge in [0.25, 0.3) is 0 Å². The largest absolute Gasteiger partial charge is 0.384 e. The van der Waals surface area contributed by atoms with Gasteiger partial charge < -0.3 is 5.73 Å². The number of nitrogens with one attached hydrogen (secondary N) is 1. The molecule has 148 valence electrons. The molecule has 1 unspecified atom stereocenters. The quantitative estimate of drug-likeness (QED) is 0.478. The van der Waals surface area contributed by atoms with E-state index in [4.69, 9.17) is 11.1 Å². The molecule has 6 heteroatoms. The fourth-order valence-electron chi connectivity index (χ4n) is 5.44. The molecule has 0 radical (unpaired) electrons. The van der Waals surface area contributed by atoms with Crippen LogP contribution in [0.1, 0.15) is 35.6 Å². The zero-order chi connectivity index (χ0) is 20.1. The highest BCUT2D eigenvalue weighted by Crippen LogP contribution is 2.53. The van der Waals surface area contributed by atoms with Crippen molar-refractivity contribution in [3.8, 4) is 0 Å². The Labute approximate surface area is 169 Å². The number of likely N-dealkylation sites (tertiary alicyclic amines) is 1. The van der Waals surface area contributed by atoms with Crippen LogP contribution >= 0.6 is 0 Å². The molecule has 0 spiro atoms. The lowest BCUT2D eigenvalue weighted by atomic mass is 9.85. The minimum atomic E-state index is -0.334. The van der Waals surface area contributed by atoms with Crippen molar-refractivity contribution < 1.29 is 9.59 Å². The van der Waals surface area contributed by atoms with Crippen molar-refractivity contribution in [1.29, 1.82) is 5.41 Å². The summed E-state index contributed by atoms with van der Waals surface area (Å²) >= 11 is 0. The van der Waals surface area contributed by atoms with Gasteiger partial charge in [-0.2, -0.15) is 0 Å². The van der Waals surface area contributed by atoms with Gasteiger partial charge in [0.15, 0.2) is 0 Å². The normalized spacial score (nSPS) is 28.6. The van der Waals surface area contributed by atoms with Crippen molar-refractivity contribution in [1.82, 2.24) is 9.80 Å². The molecular formula is C23H24N4O2. The van der Waals surface area contributed by atoms with Gasteiger partial charge in [-0.15, -0.1) is 0 Å². The molecule has 3 aliphatic heterocycles. The van der Waals surface area contributed by atoms with Gasteiger partial charge in [-0.05, 0) is 30.5 Å². The SMILES string of the molecule is N=C(N)c1ccc([C@H]2[C@H]3C(=O)N(Cc4ccccc4)C(=O)[C@H]3C3CCCN32)cc1. The van der Waals surface area contributed by atoms with Crippen LogP contribution in [-0.2, 0) is 16.1 Å². The first-order chi connectivity index (χ1) is 14.1.